The minimum absolute atomic E-state index is 0.357. The highest BCUT2D eigenvalue weighted by molar-refractivity contribution is 6.35. The van der Waals surface area contributed by atoms with E-state index in [2.05, 4.69) is 5.32 Å². The molecule has 1 rings (SSSR count). The van der Waals surface area contributed by atoms with Crippen LogP contribution in [-0.4, -0.2) is 17.6 Å². The van der Waals surface area contributed by atoms with E-state index in [1.54, 1.807) is 12.1 Å². The second-order valence-corrected chi connectivity index (χ2v) is 3.84. The number of aliphatic carboxylic acids is 1. The first-order valence-corrected chi connectivity index (χ1v) is 5.23. The molecule has 0 radical (unpaired) electrons. The van der Waals surface area contributed by atoms with E-state index >= 15 is 0 Å². The summed E-state index contributed by atoms with van der Waals surface area (Å²) >= 11 is 11.6. The van der Waals surface area contributed by atoms with Crippen molar-refractivity contribution in [2.24, 2.45) is 0 Å². The molecule has 0 saturated carbocycles. The Morgan fingerprint density at radius 3 is 2.67 bits per heavy atom. The summed E-state index contributed by atoms with van der Waals surface area (Å²) in [7, 11) is 0. The largest absolute Gasteiger partial charge is 0.480 e. The first-order chi connectivity index (χ1) is 7.06. The number of carbonyl (C=O) groups is 1. The Bertz CT molecular complexity index is 368. The molecule has 5 heteroatoms. The molecular formula is C10H11Cl2NO2. The molecular weight excluding hydrogens is 237 g/mol. The third-order valence-corrected chi connectivity index (χ3v) is 2.49. The van der Waals surface area contributed by atoms with Crippen molar-refractivity contribution in [3.63, 3.8) is 0 Å². The monoisotopic (exact) mass is 247 g/mol. The van der Waals surface area contributed by atoms with Crippen molar-refractivity contribution in [3.05, 3.63) is 33.8 Å². The molecule has 0 heterocycles. The number of rotatable bonds is 4. The third-order valence-electron chi connectivity index (χ3n) is 1.93. The molecule has 82 valence electrons. The van der Waals surface area contributed by atoms with E-state index < -0.39 is 12.0 Å². The molecule has 0 aliphatic carbocycles. The van der Waals surface area contributed by atoms with Gasteiger partial charge < -0.3 is 10.4 Å². The Labute approximate surface area is 98.0 Å². The van der Waals surface area contributed by atoms with Gasteiger partial charge in [-0.1, -0.05) is 36.2 Å². The fourth-order valence-corrected chi connectivity index (χ4v) is 1.79. The van der Waals surface area contributed by atoms with E-state index in [0.717, 1.165) is 0 Å². The Kier molecular flexibility index (Phi) is 4.39. The zero-order valence-corrected chi connectivity index (χ0v) is 9.64. The first kappa shape index (κ1) is 12.3. The number of halogens is 2. The second-order valence-electron chi connectivity index (χ2n) is 2.99. The van der Waals surface area contributed by atoms with Crippen LogP contribution in [0, 0.1) is 0 Å². The van der Waals surface area contributed by atoms with Crippen LogP contribution in [0.4, 0.5) is 0 Å². The van der Waals surface area contributed by atoms with Gasteiger partial charge in [-0.3, -0.25) is 4.79 Å². The number of hydrogen-bond donors (Lipinski definition) is 2. The van der Waals surface area contributed by atoms with Crippen molar-refractivity contribution >= 4 is 29.2 Å². The predicted molar refractivity (Wildman–Crippen MR) is 60.5 cm³/mol. The molecule has 0 saturated heterocycles. The second kappa shape index (κ2) is 5.35. The molecule has 3 nitrogen and oxygen atoms in total. The van der Waals surface area contributed by atoms with E-state index in [0.29, 0.717) is 22.2 Å². The zero-order valence-electron chi connectivity index (χ0n) is 8.13. The molecule has 0 amide bonds. The molecule has 15 heavy (non-hydrogen) atoms. The number of hydrogen-bond acceptors (Lipinski definition) is 2. The Morgan fingerprint density at radius 2 is 2.20 bits per heavy atom. The van der Waals surface area contributed by atoms with Gasteiger partial charge in [0.15, 0.2) is 0 Å². The standard InChI is InChI=1S/C10H11Cl2NO2/c1-2-13-9(10(14)15)7-4-3-6(11)5-8(7)12/h3-5,9,13H,2H2,1H3,(H,14,15). The first-order valence-electron chi connectivity index (χ1n) is 4.47. The smallest absolute Gasteiger partial charge is 0.325 e. The average Bonchev–Trinajstić information content (AvgIpc) is 2.15. The fourth-order valence-electron chi connectivity index (χ4n) is 1.27. The van der Waals surface area contributed by atoms with E-state index in [-0.39, 0.29) is 0 Å². The highest BCUT2D eigenvalue weighted by Gasteiger charge is 2.20. The Balaban J connectivity index is 3.05. The number of benzene rings is 1. The van der Waals surface area contributed by atoms with Crippen molar-refractivity contribution in [1.82, 2.24) is 5.32 Å². The van der Waals surface area contributed by atoms with E-state index in [1.807, 2.05) is 6.92 Å². The average molecular weight is 248 g/mol. The van der Waals surface area contributed by atoms with Crippen molar-refractivity contribution in [1.29, 1.82) is 0 Å². The fraction of sp³-hybridized carbons (Fsp3) is 0.300. The SMILES string of the molecule is CCNC(C(=O)O)c1ccc(Cl)cc1Cl. The van der Waals surface area contributed by atoms with Crippen LogP contribution in [0.1, 0.15) is 18.5 Å². The molecule has 2 N–H and O–H groups in total. The van der Waals surface area contributed by atoms with E-state index in [4.69, 9.17) is 28.3 Å². The van der Waals surface area contributed by atoms with Gasteiger partial charge in [0.25, 0.3) is 0 Å². The molecule has 1 atom stereocenters. The number of carboxylic acid groups (broad SMARTS) is 1. The molecule has 0 spiro atoms. The third kappa shape index (κ3) is 3.09. The van der Waals surface area contributed by atoms with Gasteiger partial charge in [0.05, 0.1) is 0 Å². The lowest BCUT2D eigenvalue weighted by molar-refractivity contribution is -0.139. The van der Waals surface area contributed by atoms with Crippen LogP contribution in [0.2, 0.25) is 10.0 Å². The molecule has 0 bridgehead atoms. The highest BCUT2D eigenvalue weighted by Crippen LogP contribution is 2.26. The highest BCUT2D eigenvalue weighted by atomic mass is 35.5. The van der Waals surface area contributed by atoms with Crippen LogP contribution < -0.4 is 5.32 Å². The number of nitrogens with one attached hydrogen (secondary N) is 1. The van der Waals surface area contributed by atoms with Gasteiger partial charge in [-0.25, -0.2) is 0 Å². The molecule has 1 aromatic carbocycles. The molecule has 1 unspecified atom stereocenters. The maximum atomic E-state index is 11.0. The summed E-state index contributed by atoms with van der Waals surface area (Å²) in [6, 6.07) is 3.98. The van der Waals surface area contributed by atoms with Crippen molar-refractivity contribution < 1.29 is 9.90 Å². The summed E-state index contributed by atoms with van der Waals surface area (Å²) in [5, 5.41) is 12.7. The molecule has 0 fully saturated rings. The zero-order chi connectivity index (χ0) is 11.4. The lowest BCUT2D eigenvalue weighted by atomic mass is 10.1. The van der Waals surface area contributed by atoms with E-state index in [1.165, 1.54) is 6.07 Å². The maximum absolute atomic E-state index is 11.0. The van der Waals surface area contributed by atoms with Gasteiger partial charge in [-0.15, -0.1) is 0 Å². The summed E-state index contributed by atoms with van der Waals surface area (Å²) < 4.78 is 0. The van der Waals surface area contributed by atoms with Crippen LogP contribution in [0.25, 0.3) is 0 Å². The molecule has 0 aliphatic heterocycles. The van der Waals surface area contributed by atoms with E-state index in [9.17, 15) is 4.79 Å². The van der Waals surface area contributed by atoms with Gasteiger partial charge in [0.1, 0.15) is 6.04 Å². The molecule has 0 aliphatic rings. The normalized spacial score (nSPS) is 12.5. The lowest BCUT2D eigenvalue weighted by Gasteiger charge is -2.14. The number of likely N-dealkylation sites (N-methyl/N-ethyl adjacent to an activating group) is 1. The van der Waals surface area contributed by atoms with Gasteiger partial charge in [0, 0.05) is 10.0 Å². The minimum atomic E-state index is -0.957. The lowest BCUT2D eigenvalue weighted by Crippen LogP contribution is -2.28. The molecule has 0 aromatic heterocycles. The summed E-state index contributed by atoms with van der Waals surface area (Å²) in [4.78, 5) is 11.0. The van der Waals surface area contributed by atoms with Gasteiger partial charge >= 0.3 is 5.97 Å². The van der Waals surface area contributed by atoms with Gasteiger partial charge in [0.2, 0.25) is 0 Å². The quantitative estimate of drug-likeness (QED) is 0.861. The van der Waals surface area contributed by atoms with Crippen LogP contribution in [-0.2, 0) is 4.79 Å². The summed E-state index contributed by atoms with van der Waals surface area (Å²) in [5.41, 5.74) is 0.524. The summed E-state index contributed by atoms with van der Waals surface area (Å²) in [6.45, 7) is 2.38. The van der Waals surface area contributed by atoms with Crippen LogP contribution in [0.15, 0.2) is 18.2 Å². The van der Waals surface area contributed by atoms with Gasteiger partial charge in [-0.2, -0.15) is 0 Å². The van der Waals surface area contributed by atoms with Crippen LogP contribution in [0.5, 0.6) is 0 Å². The van der Waals surface area contributed by atoms with Crippen LogP contribution in [0.3, 0.4) is 0 Å². The Morgan fingerprint density at radius 1 is 1.53 bits per heavy atom. The van der Waals surface area contributed by atoms with Crippen molar-refractivity contribution in [3.8, 4) is 0 Å². The van der Waals surface area contributed by atoms with Crippen LogP contribution >= 0.6 is 23.2 Å². The predicted octanol–water partition coefficient (Wildman–Crippen LogP) is 2.73. The topological polar surface area (TPSA) is 49.3 Å². The summed E-state index contributed by atoms with van der Waals surface area (Å²) in [6.07, 6.45) is 0. The summed E-state index contributed by atoms with van der Waals surface area (Å²) in [5.74, 6) is -0.957. The van der Waals surface area contributed by atoms with Crippen molar-refractivity contribution in [2.75, 3.05) is 6.54 Å². The van der Waals surface area contributed by atoms with Crippen molar-refractivity contribution in [2.45, 2.75) is 13.0 Å². The number of carboxylic acids is 1. The maximum Gasteiger partial charge on any atom is 0.325 e. The minimum Gasteiger partial charge on any atom is -0.480 e. The van der Waals surface area contributed by atoms with Gasteiger partial charge in [-0.05, 0) is 24.2 Å². The molecule has 1 aromatic rings. The Hall–Kier alpha value is -0.770.